The van der Waals surface area contributed by atoms with E-state index in [-0.39, 0.29) is 11.8 Å². The summed E-state index contributed by atoms with van der Waals surface area (Å²) in [5, 5.41) is 7.72. The summed E-state index contributed by atoms with van der Waals surface area (Å²) in [6.45, 7) is 7.21. The fraction of sp³-hybridized carbons (Fsp3) is 0.316. The maximum absolute atomic E-state index is 12.4. The van der Waals surface area contributed by atoms with Crippen LogP contribution in [0.25, 0.3) is 11.0 Å². The highest BCUT2D eigenvalue weighted by molar-refractivity contribution is 5.99. The third-order valence-electron chi connectivity index (χ3n) is 4.09. The van der Waals surface area contributed by atoms with Gasteiger partial charge in [-0.2, -0.15) is 5.10 Å². The Morgan fingerprint density at radius 1 is 1.19 bits per heavy atom. The maximum atomic E-state index is 12.4. The Balaban J connectivity index is 1.71. The summed E-state index contributed by atoms with van der Waals surface area (Å²) in [6.07, 6.45) is 0.620. The van der Waals surface area contributed by atoms with Crippen molar-refractivity contribution in [3.8, 4) is 0 Å². The zero-order chi connectivity index (χ0) is 18.8. The first-order valence-corrected chi connectivity index (χ1v) is 8.42. The summed E-state index contributed by atoms with van der Waals surface area (Å²) < 4.78 is 12.5. The third-order valence-corrected chi connectivity index (χ3v) is 4.09. The van der Waals surface area contributed by atoms with Crippen molar-refractivity contribution < 1.29 is 18.7 Å². The molecule has 2 aromatic heterocycles. The molecule has 1 aromatic carbocycles. The van der Waals surface area contributed by atoms with Crippen molar-refractivity contribution in [1.82, 2.24) is 9.78 Å². The molecular weight excluding hydrogens is 334 g/mol. The molecule has 26 heavy (non-hydrogen) atoms. The number of hydrogen-bond donors (Lipinski definition) is 1. The molecule has 7 nitrogen and oxygen atoms in total. The van der Waals surface area contributed by atoms with Gasteiger partial charge in [0.2, 0.25) is 5.76 Å². The van der Waals surface area contributed by atoms with Crippen LogP contribution in [-0.4, -0.2) is 27.8 Å². The molecule has 2 heterocycles. The van der Waals surface area contributed by atoms with E-state index in [0.717, 1.165) is 5.39 Å². The number of nitrogens with one attached hydrogen (secondary N) is 1. The Morgan fingerprint density at radius 3 is 2.62 bits per heavy atom. The third kappa shape index (κ3) is 3.33. The summed E-state index contributed by atoms with van der Waals surface area (Å²) in [4.78, 5) is 24.8. The van der Waals surface area contributed by atoms with Crippen molar-refractivity contribution in [3.05, 3.63) is 47.9 Å². The summed E-state index contributed by atoms with van der Waals surface area (Å²) >= 11 is 0. The fourth-order valence-electron chi connectivity index (χ4n) is 2.69. The minimum Gasteiger partial charge on any atom is -0.449 e. The molecule has 0 aliphatic heterocycles. The maximum Gasteiger partial charge on any atom is 0.375 e. The van der Waals surface area contributed by atoms with E-state index in [4.69, 9.17) is 9.15 Å². The standard InChI is InChI=1S/C19H21N3O4/c1-11(2)22-16(9-10-20-22)21-18(23)13(4)25-19(24)17-12(3)14-7-5-6-8-15(14)26-17/h5-11,13H,1-4H3,(H,21,23)/t13-/m0/s1. The fourth-order valence-corrected chi connectivity index (χ4v) is 2.69. The van der Waals surface area contributed by atoms with E-state index in [2.05, 4.69) is 10.4 Å². The number of aromatic nitrogens is 2. The van der Waals surface area contributed by atoms with Crippen LogP contribution in [0.2, 0.25) is 0 Å². The zero-order valence-corrected chi connectivity index (χ0v) is 15.1. The van der Waals surface area contributed by atoms with Crippen LogP contribution in [0.3, 0.4) is 0 Å². The normalized spacial score (nSPS) is 12.3. The van der Waals surface area contributed by atoms with Gasteiger partial charge in [-0.3, -0.25) is 4.79 Å². The number of benzene rings is 1. The first-order chi connectivity index (χ1) is 12.4. The van der Waals surface area contributed by atoms with E-state index < -0.39 is 18.0 Å². The van der Waals surface area contributed by atoms with Crippen molar-refractivity contribution in [1.29, 1.82) is 0 Å². The number of ether oxygens (including phenoxy) is 1. The highest BCUT2D eigenvalue weighted by Gasteiger charge is 2.24. The van der Waals surface area contributed by atoms with Crippen LogP contribution >= 0.6 is 0 Å². The van der Waals surface area contributed by atoms with Crippen LogP contribution in [0.1, 0.15) is 42.9 Å². The number of anilines is 1. The van der Waals surface area contributed by atoms with Gasteiger partial charge in [-0.1, -0.05) is 18.2 Å². The van der Waals surface area contributed by atoms with Gasteiger partial charge in [0.1, 0.15) is 11.4 Å². The largest absolute Gasteiger partial charge is 0.449 e. The number of nitrogens with zero attached hydrogens (tertiary/aromatic N) is 2. The van der Waals surface area contributed by atoms with E-state index in [1.54, 1.807) is 29.9 Å². The van der Waals surface area contributed by atoms with Crippen molar-refractivity contribution in [2.75, 3.05) is 5.32 Å². The Hall–Kier alpha value is -3.09. The average Bonchev–Trinajstić information content (AvgIpc) is 3.20. The van der Waals surface area contributed by atoms with Crippen LogP contribution in [0.15, 0.2) is 40.9 Å². The van der Waals surface area contributed by atoms with Crippen LogP contribution < -0.4 is 5.32 Å². The minimum absolute atomic E-state index is 0.0938. The number of hydrogen-bond acceptors (Lipinski definition) is 5. The molecule has 1 amide bonds. The highest BCUT2D eigenvalue weighted by atomic mass is 16.6. The Bertz CT molecular complexity index is 955. The van der Waals surface area contributed by atoms with Crippen molar-refractivity contribution in [2.45, 2.75) is 39.8 Å². The second-order valence-electron chi connectivity index (χ2n) is 6.34. The van der Waals surface area contributed by atoms with Crippen molar-refractivity contribution in [3.63, 3.8) is 0 Å². The number of esters is 1. The lowest BCUT2D eigenvalue weighted by Gasteiger charge is -2.15. The van der Waals surface area contributed by atoms with Gasteiger partial charge in [0.05, 0.1) is 6.20 Å². The highest BCUT2D eigenvalue weighted by Crippen LogP contribution is 2.25. The summed E-state index contributed by atoms with van der Waals surface area (Å²) in [5.74, 6) is -0.445. The quantitative estimate of drug-likeness (QED) is 0.705. The molecule has 0 aliphatic carbocycles. The number of aryl methyl sites for hydroxylation is 1. The molecule has 1 N–H and O–H groups in total. The Labute approximate surface area is 150 Å². The number of furan rings is 1. The first-order valence-electron chi connectivity index (χ1n) is 8.42. The molecule has 0 fully saturated rings. The van der Waals surface area contributed by atoms with E-state index >= 15 is 0 Å². The van der Waals surface area contributed by atoms with Gasteiger partial charge in [-0.25, -0.2) is 9.48 Å². The van der Waals surface area contributed by atoms with Crippen molar-refractivity contribution >= 4 is 28.7 Å². The molecule has 0 spiro atoms. The van der Waals surface area contributed by atoms with Crippen LogP contribution in [-0.2, 0) is 9.53 Å². The number of carbonyl (C=O) groups is 2. The molecule has 0 saturated carbocycles. The lowest BCUT2D eigenvalue weighted by atomic mass is 10.1. The average molecular weight is 355 g/mol. The van der Waals surface area contributed by atoms with Crippen LogP contribution in [0.4, 0.5) is 5.82 Å². The predicted molar refractivity (Wildman–Crippen MR) is 97.1 cm³/mol. The number of fused-ring (bicyclic) bond motifs is 1. The molecule has 136 valence electrons. The van der Waals surface area contributed by atoms with E-state index in [1.165, 1.54) is 6.92 Å². The molecule has 0 unspecified atom stereocenters. The van der Waals surface area contributed by atoms with Gasteiger partial charge < -0.3 is 14.5 Å². The zero-order valence-electron chi connectivity index (χ0n) is 15.1. The van der Waals surface area contributed by atoms with Crippen LogP contribution in [0, 0.1) is 6.92 Å². The lowest BCUT2D eigenvalue weighted by molar-refractivity contribution is -0.123. The topological polar surface area (TPSA) is 86.4 Å². The number of amides is 1. The lowest BCUT2D eigenvalue weighted by Crippen LogP contribution is -2.31. The molecule has 7 heteroatoms. The van der Waals surface area contributed by atoms with E-state index in [9.17, 15) is 9.59 Å². The smallest absolute Gasteiger partial charge is 0.375 e. The Kier molecular flexibility index (Phi) is 4.79. The van der Waals surface area contributed by atoms with Gasteiger partial charge in [-0.15, -0.1) is 0 Å². The van der Waals surface area contributed by atoms with Gasteiger partial charge in [0.25, 0.3) is 5.91 Å². The number of rotatable bonds is 5. The summed E-state index contributed by atoms with van der Waals surface area (Å²) in [6, 6.07) is 9.13. The molecule has 0 aliphatic rings. The Morgan fingerprint density at radius 2 is 1.92 bits per heavy atom. The van der Waals surface area contributed by atoms with E-state index in [0.29, 0.717) is 17.0 Å². The predicted octanol–water partition coefficient (Wildman–Crippen LogP) is 3.70. The van der Waals surface area contributed by atoms with Gasteiger partial charge in [0.15, 0.2) is 6.10 Å². The second kappa shape index (κ2) is 7.03. The molecule has 0 bridgehead atoms. The van der Waals surface area contributed by atoms with Gasteiger partial charge in [0, 0.05) is 23.1 Å². The monoisotopic (exact) mass is 355 g/mol. The number of carbonyl (C=O) groups excluding carboxylic acids is 2. The van der Waals surface area contributed by atoms with Gasteiger partial charge >= 0.3 is 5.97 Å². The van der Waals surface area contributed by atoms with Gasteiger partial charge in [-0.05, 0) is 33.8 Å². The summed E-state index contributed by atoms with van der Waals surface area (Å²) in [5.41, 5.74) is 1.30. The molecule has 3 aromatic rings. The summed E-state index contributed by atoms with van der Waals surface area (Å²) in [7, 11) is 0. The number of para-hydroxylation sites is 1. The second-order valence-corrected chi connectivity index (χ2v) is 6.34. The molecular formula is C19H21N3O4. The molecule has 1 atom stereocenters. The molecule has 3 rings (SSSR count). The van der Waals surface area contributed by atoms with Crippen LogP contribution in [0.5, 0.6) is 0 Å². The molecule has 0 saturated heterocycles. The first kappa shape index (κ1) is 17.7. The SMILES string of the molecule is Cc1c(C(=O)O[C@@H](C)C(=O)Nc2ccnn2C(C)C)oc2ccccc12. The van der Waals surface area contributed by atoms with Crippen molar-refractivity contribution in [2.24, 2.45) is 0 Å². The molecule has 0 radical (unpaired) electrons. The minimum atomic E-state index is -0.981. The van der Waals surface area contributed by atoms with E-state index in [1.807, 2.05) is 32.0 Å².